The quantitative estimate of drug-likeness (QED) is 0.621. The second kappa shape index (κ2) is 8.86. The van der Waals surface area contributed by atoms with E-state index in [2.05, 4.69) is 53.8 Å². The number of hydrogen-bond donors (Lipinski definition) is 1. The normalized spacial score (nSPS) is 17.1. The Labute approximate surface area is 145 Å². The summed E-state index contributed by atoms with van der Waals surface area (Å²) in [5, 5.41) is 3.73. The smallest absolute Gasteiger partial charge is 0.119 e. The number of methoxy groups -OCH3 is 1. The highest BCUT2D eigenvalue weighted by atomic mass is 16.5. The lowest BCUT2D eigenvalue weighted by molar-refractivity contribution is 0.146. The summed E-state index contributed by atoms with van der Waals surface area (Å²) in [5.41, 5.74) is 4.24. The maximum Gasteiger partial charge on any atom is 0.119 e. The predicted molar refractivity (Wildman–Crippen MR) is 97.5 cm³/mol. The lowest BCUT2D eigenvalue weighted by Crippen LogP contribution is -2.30. The minimum Gasteiger partial charge on any atom is -0.491 e. The van der Waals surface area contributed by atoms with Crippen LogP contribution in [0, 0.1) is 0 Å². The zero-order valence-electron chi connectivity index (χ0n) is 14.5. The van der Waals surface area contributed by atoms with E-state index in [9.17, 15) is 0 Å². The SMILES string of the molecule is COCCOc1ccc2c(c1)CC(NCc1ccccc1)CCC2. The minimum absolute atomic E-state index is 0.528. The van der Waals surface area contributed by atoms with Crippen LogP contribution in [0.3, 0.4) is 0 Å². The molecule has 0 saturated carbocycles. The molecule has 0 radical (unpaired) electrons. The molecule has 0 bridgehead atoms. The van der Waals surface area contributed by atoms with Gasteiger partial charge in [0.25, 0.3) is 0 Å². The number of aryl methyl sites for hydroxylation is 1. The molecule has 0 spiro atoms. The van der Waals surface area contributed by atoms with Gasteiger partial charge in [0.15, 0.2) is 0 Å². The Hall–Kier alpha value is -1.84. The van der Waals surface area contributed by atoms with Crippen LogP contribution in [-0.4, -0.2) is 26.4 Å². The monoisotopic (exact) mass is 325 g/mol. The van der Waals surface area contributed by atoms with E-state index >= 15 is 0 Å². The standard InChI is InChI=1S/C21H27NO2/c1-23-12-13-24-21-11-10-18-8-5-9-20(14-19(18)15-21)22-16-17-6-3-2-4-7-17/h2-4,6-7,10-11,15,20,22H,5,8-9,12-14,16H2,1H3. The fraction of sp³-hybridized carbons (Fsp3) is 0.429. The van der Waals surface area contributed by atoms with E-state index in [1.165, 1.54) is 29.5 Å². The molecule has 0 fully saturated rings. The van der Waals surface area contributed by atoms with Crippen LogP contribution in [-0.2, 0) is 24.1 Å². The first-order valence-electron chi connectivity index (χ1n) is 8.86. The number of hydrogen-bond acceptors (Lipinski definition) is 3. The van der Waals surface area contributed by atoms with Crippen LogP contribution in [0.4, 0.5) is 0 Å². The average molecular weight is 325 g/mol. The highest BCUT2D eigenvalue weighted by molar-refractivity contribution is 5.37. The highest BCUT2D eigenvalue weighted by Gasteiger charge is 2.17. The van der Waals surface area contributed by atoms with Crippen LogP contribution in [0.5, 0.6) is 5.75 Å². The van der Waals surface area contributed by atoms with Crippen molar-refractivity contribution in [3.8, 4) is 5.75 Å². The van der Waals surface area contributed by atoms with Gasteiger partial charge >= 0.3 is 0 Å². The Morgan fingerprint density at radius 1 is 1.04 bits per heavy atom. The molecule has 0 heterocycles. The topological polar surface area (TPSA) is 30.5 Å². The number of ether oxygens (including phenoxy) is 2. The molecule has 0 saturated heterocycles. The molecule has 1 aliphatic carbocycles. The van der Waals surface area contributed by atoms with Crippen molar-refractivity contribution in [2.75, 3.05) is 20.3 Å². The van der Waals surface area contributed by atoms with Crippen molar-refractivity contribution < 1.29 is 9.47 Å². The number of benzene rings is 2. The Kier molecular flexibility index (Phi) is 6.27. The van der Waals surface area contributed by atoms with Gasteiger partial charge in [-0.3, -0.25) is 0 Å². The van der Waals surface area contributed by atoms with Gasteiger partial charge in [0.2, 0.25) is 0 Å². The molecule has 3 rings (SSSR count). The summed E-state index contributed by atoms with van der Waals surface area (Å²) in [6, 6.07) is 17.7. The molecule has 1 aliphatic rings. The molecular formula is C21H27NO2. The van der Waals surface area contributed by atoms with Gasteiger partial charge in [-0.25, -0.2) is 0 Å². The average Bonchev–Trinajstić information content (AvgIpc) is 2.82. The van der Waals surface area contributed by atoms with Crippen molar-refractivity contribution in [2.45, 2.75) is 38.3 Å². The van der Waals surface area contributed by atoms with Gasteiger partial charge in [-0.2, -0.15) is 0 Å². The van der Waals surface area contributed by atoms with E-state index in [4.69, 9.17) is 9.47 Å². The van der Waals surface area contributed by atoms with Crippen molar-refractivity contribution in [2.24, 2.45) is 0 Å². The molecule has 24 heavy (non-hydrogen) atoms. The molecule has 0 aromatic heterocycles. The third-order valence-corrected chi connectivity index (χ3v) is 4.64. The third kappa shape index (κ3) is 4.83. The molecule has 0 aliphatic heterocycles. The van der Waals surface area contributed by atoms with Gasteiger partial charge in [-0.05, 0) is 54.5 Å². The second-order valence-electron chi connectivity index (χ2n) is 6.43. The second-order valence-corrected chi connectivity index (χ2v) is 6.43. The molecule has 1 unspecified atom stereocenters. The van der Waals surface area contributed by atoms with Crippen LogP contribution in [0.1, 0.15) is 29.5 Å². The Morgan fingerprint density at radius 2 is 1.92 bits per heavy atom. The molecule has 0 amide bonds. The highest BCUT2D eigenvalue weighted by Crippen LogP contribution is 2.25. The predicted octanol–water partition coefficient (Wildman–Crippen LogP) is 3.75. The van der Waals surface area contributed by atoms with Gasteiger partial charge in [-0.1, -0.05) is 36.4 Å². The molecule has 3 heteroatoms. The van der Waals surface area contributed by atoms with Crippen molar-refractivity contribution in [3.63, 3.8) is 0 Å². The fourth-order valence-corrected chi connectivity index (χ4v) is 3.31. The Balaban J connectivity index is 1.61. The van der Waals surface area contributed by atoms with Gasteiger partial charge < -0.3 is 14.8 Å². The summed E-state index contributed by atoms with van der Waals surface area (Å²) >= 11 is 0. The molecule has 3 nitrogen and oxygen atoms in total. The minimum atomic E-state index is 0.528. The zero-order valence-corrected chi connectivity index (χ0v) is 14.5. The maximum absolute atomic E-state index is 5.77. The van der Waals surface area contributed by atoms with Crippen molar-refractivity contribution in [1.82, 2.24) is 5.32 Å². The van der Waals surface area contributed by atoms with E-state index in [1.54, 1.807) is 7.11 Å². The fourth-order valence-electron chi connectivity index (χ4n) is 3.31. The van der Waals surface area contributed by atoms with E-state index in [0.29, 0.717) is 19.3 Å². The summed E-state index contributed by atoms with van der Waals surface area (Å²) in [5.74, 6) is 0.953. The number of fused-ring (bicyclic) bond motifs is 1. The molecule has 128 valence electrons. The summed E-state index contributed by atoms with van der Waals surface area (Å²) in [6.45, 7) is 2.16. The molecule has 1 N–H and O–H groups in total. The largest absolute Gasteiger partial charge is 0.491 e. The summed E-state index contributed by atoms with van der Waals surface area (Å²) in [6.07, 6.45) is 4.70. The lowest BCUT2D eigenvalue weighted by Gasteiger charge is -2.17. The van der Waals surface area contributed by atoms with Crippen LogP contribution >= 0.6 is 0 Å². The summed E-state index contributed by atoms with van der Waals surface area (Å²) in [4.78, 5) is 0. The van der Waals surface area contributed by atoms with Gasteiger partial charge in [-0.15, -0.1) is 0 Å². The zero-order chi connectivity index (χ0) is 16.6. The number of rotatable bonds is 7. The van der Waals surface area contributed by atoms with Crippen molar-refractivity contribution in [1.29, 1.82) is 0 Å². The molecule has 2 aromatic rings. The molecule has 1 atom stereocenters. The van der Waals surface area contributed by atoms with Crippen LogP contribution in [0.2, 0.25) is 0 Å². The van der Waals surface area contributed by atoms with Crippen molar-refractivity contribution >= 4 is 0 Å². The Bertz CT molecular complexity index is 627. The van der Waals surface area contributed by atoms with Crippen LogP contribution in [0.25, 0.3) is 0 Å². The lowest BCUT2D eigenvalue weighted by atomic mass is 10.0. The van der Waals surface area contributed by atoms with E-state index in [0.717, 1.165) is 25.1 Å². The first-order chi connectivity index (χ1) is 11.8. The first kappa shape index (κ1) is 17.0. The van der Waals surface area contributed by atoms with E-state index in [1.807, 2.05) is 0 Å². The molecule has 2 aromatic carbocycles. The Morgan fingerprint density at radius 3 is 2.75 bits per heavy atom. The summed E-state index contributed by atoms with van der Waals surface area (Å²) < 4.78 is 10.8. The maximum atomic E-state index is 5.77. The van der Waals surface area contributed by atoms with E-state index in [-0.39, 0.29) is 0 Å². The number of nitrogens with one attached hydrogen (secondary N) is 1. The van der Waals surface area contributed by atoms with Crippen LogP contribution < -0.4 is 10.1 Å². The van der Waals surface area contributed by atoms with Gasteiger partial charge in [0, 0.05) is 19.7 Å². The molecular weight excluding hydrogens is 298 g/mol. The summed E-state index contributed by atoms with van der Waals surface area (Å²) in [7, 11) is 1.70. The van der Waals surface area contributed by atoms with Crippen LogP contribution in [0.15, 0.2) is 48.5 Å². The van der Waals surface area contributed by atoms with Gasteiger partial charge in [0.1, 0.15) is 12.4 Å². The third-order valence-electron chi connectivity index (χ3n) is 4.64. The first-order valence-corrected chi connectivity index (χ1v) is 8.86. The van der Waals surface area contributed by atoms with E-state index < -0.39 is 0 Å². The van der Waals surface area contributed by atoms with Gasteiger partial charge in [0.05, 0.1) is 6.61 Å². The van der Waals surface area contributed by atoms with Crippen molar-refractivity contribution in [3.05, 3.63) is 65.2 Å².